The molecule has 0 heteroatoms. The summed E-state index contributed by atoms with van der Waals surface area (Å²) in [4.78, 5) is 0. The van der Waals surface area contributed by atoms with Crippen LogP contribution < -0.4 is 0 Å². The second kappa shape index (κ2) is 7.28. The van der Waals surface area contributed by atoms with Gasteiger partial charge in [-0.1, -0.05) is 62.6 Å². The van der Waals surface area contributed by atoms with E-state index in [0.717, 1.165) is 6.42 Å². The highest BCUT2D eigenvalue weighted by Gasteiger charge is 2.08. The van der Waals surface area contributed by atoms with Gasteiger partial charge >= 0.3 is 0 Å². The number of hydrogen-bond donors (Lipinski definition) is 0. The Kier molecular flexibility index (Phi) is 5.84. The topological polar surface area (TPSA) is 0 Å². The fraction of sp³-hybridized carbons (Fsp3) is 0.467. The van der Waals surface area contributed by atoms with E-state index in [4.69, 9.17) is 0 Å². The van der Waals surface area contributed by atoms with Crippen LogP contribution in [0.3, 0.4) is 0 Å². The number of hydrogen-bond acceptors (Lipinski definition) is 0. The van der Waals surface area contributed by atoms with Crippen molar-refractivity contribution in [2.75, 3.05) is 0 Å². The molecule has 0 N–H and O–H groups in total. The first kappa shape index (κ1) is 12.0. The van der Waals surface area contributed by atoms with E-state index in [9.17, 15) is 0 Å². The molecule has 0 amide bonds. The van der Waals surface area contributed by atoms with Crippen LogP contribution in [-0.4, -0.2) is 0 Å². The molecule has 0 saturated carbocycles. The normalized spacial score (nSPS) is 12.3. The van der Waals surface area contributed by atoms with Crippen LogP contribution in [-0.2, 0) is 0 Å². The Bertz CT molecular complexity index is 261. The maximum atomic E-state index is 3.85. The van der Waals surface area contributed by atoms with Crippen LogP contribution in [0.4, 0.5) is 0 Å². The quantitative estimate of drug-likeness (QED) is 0.434. The van der Waals surface area contributed by atoms with Crippen molar-refractivity contribution in [1.29, 1.82) is 0 Å². The predicted molar refractivity (Wildman–Crippen MR) is 68.1 cm³/mol. The molecule has 0 aliphatic rings. The highest BCUT2D eigenvalue weighted by Crippen LogP contribution is 2.25. The summed E-state index contributed by atoms with van der Waals surface area (Å²) in [5.41, 5.74) is 1.47. The van der Waals surface area contributed by atoms with Crippen LogP contribution in [0.2, 0.25) is 0 Å². The predicted octanol–water partition coefficient (Wildman–Crippen LogP) is 4.93. The van der Waals surface area contributed by atoms with Crippen molar-refractivity contribution in [3.05, 3.63) is 48.6 Å². The van der Waals surface area contributed by atoms with Crippen molar-refractivity contribution in [3.63, 3.8) is 0 Å². The molecule has 0 spiro atoms. The summed E-state index contributed by atoms with van der Waals surface area (Å²) in [5.74, 6) is 0.676. The van der Waals surface area contributed by atoms with Gasteiger partial charge in [0.15, 0.2) is 0 Å². The summed E-state index contributed by atoms with van der Waals surface area (Å²) < 4.78 is 0. The standard InChI is InChI=1S/C15H22/c1-3-5-7-11-14(10-4-2)15-12-8-6-9-13-15/h4,6,8-9,12-14H,2-3,5,7,10-11H2,1H3. The van der Waals surface area contributed by atoms with Gasteiger partial charge in [-0.05, 0) is 24.3 Å². The van der Waals surface area contributed by atoms with Crippen molar-refractivity contribution in [2.24, 2.45) is 0 Å². The van der Waals surface area contributed by atoms with Gasteiger partial charge in [0.1, 0.15) is 0 Å². The van der Waals surface area contributed by atoms with E-state index in [1.54, 1.807) is 0 Å². The van der Waals surface area contributed by atoms with Gasteiger partial charge in [-0.2, -0.15) is 0 Å². The summed E-state index contributed by atoms with van der Waals surface area (Å²) >= 11 is 0. The molecule has 1 aromatic carbocycles. The maximum Gasteiger partial charge on any atom is -0.0127 e. The lowest BCUT2D eigenvalue weighted by Crippen LogP contribution is -1.97. The highest BCUT2D eigenvalue weighted by molar-refractivity contribution is 5.20. The fourth-order valence-electron chi connectivity index (χ4n) is 1.99. The Balaban J connectivity index is 2.53. The Labute approximate surface area is 94.0 Å². The summed E-state index contributed by atoms with van der Waals surface area (Å²) in [6.45, 7) is 6.11. The molecule has 0 aromatic heterocycles. The van der Waals surface area contributed by atoms with E-state index >= 15 is 0 Å². The van der Waals surface area contributed by atoms with E-state index in [1.165, 1.54) is 31.2 Å². The molecule has 1 rings (SSSR count). The van der Waals surface area contributed by atoms with Gasteiger partial charge < -0.3 is 0 Å². The first-order valence-electron chi connectivity index (χ1n) is 6.04. The minimum Gasteiger partial charge on any atom is -0.103 e. The van der Waals surface area contributed by atoms with Gasteiger partial charge in [0.25, 0.3) is 0 Å². The second-order valence-corrected chi connectivity index (χ2v) is 4.13. The van der Waals surface area contributed by atoms with Gasteiger partial charge in [-0.3, -0.25) is 0 Å². The number of rotatable bonds is 7. The van der Waals surface area contributed by atoms with Crippen LogP contribution in [0.5, 0.6) is 0 Å². The molecule has 0 fully saturated rings. The summed E-state index contributed by atoms with van der Waals surface area (Å²) in [7, 11) is 0. The van der Waals surface area contributed by atoms with E-state index in [-0.39, 0.29) is 0 Å². The van der Waals surface area contributed by atoms with Gasteiger partial charge in [0.2, 0.25) is 0 Å². The minimum absolute atomic E-state index is 0.676. The van der Waals surface area contributed by atoms with Crippen LogP contribution in [0.25, 0.3) is 0 Å². The average Bonchev–Trinajstić information content (AvgIpc) is 2.29. The van der Waals surface area contributed by atoms with Crippen molar-refractivity contribution in [3.8, 4) is 0 Å². The number of unbranched alkanes of at least 4 members (excludes halogenated alkanes) is 2. The molecular formula is C15H22. The van der Waals surface area contributed by atoms with E-state index < -0.39 is 0 Å². The largest absolute Gasteiger partial charge is 0.103 e. The van der Waals surface area contributed by atoms with Crippen LogP contribution in [0.15, 0.2) is 43.0 Å². The molecule has 82 valence electrons. The average molecular weight is 202 g/mol. The zero-order valence-electron chi connectivity index (χ0n) is 9.78. The van der Waals surface area contributed by atoms with E-state index in [1.807, 2.05) is 6.08 Å². The molecule has 15 heavy (non-hydrogen) atoms. The lowest BCUT2D eigenvalue weighted by Gasteiger charge is -2.15. The van der Waals surface area contributed by atoms with Crippen molar-refractivity contribution >= 4 is 0 Å². The molecule has 0 radical (unpaired) electrons. The van der Waals surface area contributed by atoms with Gasteiger partial charge in [0.05, 0.1) is 0 Å². The third-order valence-corrected chi connectivity index (χ3v) is 2.88. The van der Waals surface area contributed by atoms with Crippen LogP contribution in [0, 0.1) is 0 Å². The smallest absolute Gasteiger partial charge is 0.0127 e. The molecule has 0 heterocycles. The monoisotopic (exact) mass is 202 g/mol. The molecule has 1 atom stereocenters. The first-order chi connectivity index (χ1) is 7.38. The SMILES string of the molecule is C=CCC(CCCCC)c1ccccc1. The van der Waals surface area contributed by atoms with Gasteiger partial charge in [-0.15, -0.1) is 6.58 Å². The molecule has 1 aromatic rings. The Hall–Kier alpha value is -1.04. The Morgan fingerprint density at radius 1 is 1.20 bits per heavy atom. The third-order valence-electron chi connectivity index (χ3n) is 2.88. The number of allylic oxidation sites excluding steroid dienone is 1. The molecule has 0 aliphatic heterocycles. The summed E-state index contributed by atoms with van der Waals surface area (Å²) in [6.07, 6.45) is 8.43. The second-order valence-electron chi connectivity index (χ2n) is 4.13. The zero-order chi connectivity index (χ0) is 10.9. The number of benzene rings is 1. The van der Waals surface area contributed by atoms with Crippen molar-refractivity contribution in [1.82, 2.24) is 0 Å². The van der Waals surface area contributed by atoms with Crippen LogP contribution >= 0.6 is 0 Å². The first-order valence-corrected chi connectivity index (χ1v) is 6.04. The Morgan fingerprint density at radius 2 is 1.93 bits per heavy atom. The van der Waals surface area contributed by atoms with Crippen LogP contribution in [0.1, 0.15) is 50.5 Å². The molecule has 0 bridgehead atoms. The molecular weight excluding hydrogens is 180 g/mol. The van der Waals surface area contributed by atoms with E-state index in [0.29, 0.717) is 5.92 Å². The van der Waals surface area contributed by atoms with Gasteiger partial charge in [-0.25, -0.2) is 0 Å². The summed E-state index contributed by atoms with van der Waals surface area (Å²) in [6, 6.07) is 10.8. The minimum atomic E-state index is 0.676. The van der Waals surface area contributed by atoms with Crippen molar-refractivity contribution < 1.29 is 0 Å². The maximum absolute atomic E-state index is 3.85. The molecule has 0 saturated heterocycles. The molecule has 0 aliphatic carbocycles. The van der Waals surface area contributed by atoms with E-state index in [2.05, 4.69) is 43.8 Å². The molecule has 1 unspecified atom stereocenters. The third kappa shape index (κ3) is 4.33. The fourth-order valence-corrected chi connectivity index (χ4v) is 1.99. The molecule has 0 nitrogen and oxygen atoms in total. The zero-order valence-corrected chi connectivity index (χ0v) is 9.78. The van der Waals surface area contributed by atoms with Gasteiger partial charge in [0, 0.05) is 0 Å². The lowest BCUT2D eigenvalue weighted by molar-refractivity contribution is 0.570. The van der Waals surface area contributed by atoms with Crippen molar-refractivity contribution in [2.45, 2.75) is 44.9 Å². The summed E-state index contributed by atoms with van der Waals surface area (Å²) in [5, 5.41) is 0. The lowest BCUT2D eigenvalue weighted by atomic mass is 9.90. The highest BCUT2D eigenvalue weighted by atomic mass is 14.1. The Morgan fingerprint density at radius 3 is 2.53 bits per heavy atom.